The maximum atomic E-state index is 10.3. The van der Waals surface area contributed by atoms with E-state index in [1.807, 2.05) is 5.23 Å². The van der Waals surface area contributed by atoms with Gasteiger partial charge >= 0.3 is 6.09 Å². The summed E-state index contributed by atoms with van der Waals surface area (Å²) in [7, 11) is 4.73. The van der Waals surface area contributed by atoms with Gasteiger partial charge in [-0.2, -0.15) is 0 Å². The fourth-order valence-electron chi connectivity index (χ4n) is 0.279. The van der Waals surface area contributed by atoms with Gasteiger partial charge in [0, 0.05) is 0 Å². The van der Waals surface area contributed by atoms with Crippen LogP contribution in [-0.2, 0) is 4.74 Å². The highest BCUT2D eigenvalue weighted by molar-refractivity contribution is 6.23. The van der Waals surface area contributed by atoms with Crippen molar-refractivity contribution in [3.63, 3.8) is 0 Å². The number of alkyl halides is 1. The Morgan fingerprint density at radius 1 is 1.80 bits per heavy atom. The average molecular weight is 161 g/mol. The Morgan fingerprint density at radius 2 is 2.30 bits per heavy atom. The van der Waals surface area contributed by atoms with E-state index < -0.39 is 11.0 Å². The van der Waals surface area contributed by atoms with E-state index in [0.29, 0.717) is 0 Å². The molecule has 0 rings (SSSR count). The molecule has 56 valence electrons. The van der Waals surface area contributed by atoms with E-state index in [2.05, 4.69) is 4.74 Å². The Labute approximate surface area is 66.5 Å². The summed E-state index contributed by atoms with van der Waals surface area (Å²) in [5.74, 6) is 0. The van der Waals surface area contributed by atoms with Gasteiger partial charge in [0.15, 0.2) is 0 Å². The van der Waals surface area contributed by atoms with Crippen LogP contribution in [0.15, 0.2) is 0 Å². The van der Waals surface area contributed by atoms with E-state index in [9.17, 15) is 4.79 Å². The van der Waals surface area contributed by atoms with Crippen LogP contribution in [0.1, 0.15) is 13.8 Å². The molecule has 0 saturated carbocycles. The first kappa shape index (κ1) is 9.62. The Hall–Kier alpha value is -0.375. The van der Waals surface area contributed by atoms with E-state index in [1.54, 1.807) is 13.8 Å². The molecule has 0 aromatic heterocycles. The van der Waals surface area contributed by atoms with Crippen LogP contribution >= 0.6 is 11.6 Å². The number of rotatable bonds is 2. The Bertz CT molecular complexity index is 123. The van der Waals surface area contributed by atoms with Gasteiger partial charge in [0.1, 0.15) is 6.61 Å². The third kappa shape index (κ3) is 5.76. The smallest absolute Gasteiger partial charge is 0.394 e. The van der Waals surface area contributed by atoms with Crippen molar-refractivity contribution in [2.45, 2.75) is 18.7 Å². The van der Waals surface area contributed by atoms with E-state index in [4.69, 9.17) is 19.6 Å². The number of amides is 1. The zero-order chi connectivity index (χ0) is 8.20. The zero-order valence-electron chi connectivity index (χ0n) is 5.98. The highest BCUT2D eigenvalue weighted by atomic mass is 35.5. The second-order valence-corrected chi connectivity index (χ2v) is 3.46. The summed E-state index contributed by atoms with van der Waals surface area (Å²) < 4.78 is 4.55. The molecule has 10 heavy (non-hydrogen) atoms. The summed E-state index contributed by atoms with van der Waals surface area (Å²) in [5, 5.41) is 1.82. The number of ether oxygens (including phenoxy) is 1. The second-order valence-electron chi connectivity index (χ2n) is 2.44. The van der Waals surface area contributed by atoms with Crippen LogP contribution in [0.2, 0.25) is 0 Å². The molecule has 0 heterocycles. The Kier molecular flexibility index (Phi) is 3.57. The molecule has 0 atom stereocenters. The molecule has 1 N–H and O–H groups in total. The molecule has 0 aliphatic rings. The summed E-state index contributed by atoms with van der Waals surface area (Å²) in [6.45, 7) is 3.61. The van der Waals surface area contributed by atoms with Gasteiger partial charge in [-0.05, 0) is 13.8 Å². The maximum absolute atomic E-state index is 10.3. The fraction of sp³-hybridized carbons (Fsp3) is 0.800. The maximum Gasteiger partial charge on any atom is 0.394 e. The van der Waals surface area contributed by atoms with Gasteiger partial charge in [0.2, 0.25) is 7.98 Å². The van der Waals surface area contributed by atoms with Crippen LogP contribution in [0.4, 0.5) is 4.79 Å². The minimum absolute atomic E-state index is 0.136. The molecule has 5 heteroatoms. The SMILES string of the molecule is [B]NC(=O)OCC(C)(C)Cl. The van der Waals surface area contributed by atoms with Gasteiger partial charge in [-0.25, -0.2) is 4.79 Å². The van der Waals surface area contributed by atoms with Crippen LogP contribution in [-0.4, -0.2) is 25.6 Å². The van der Waals surface area contributed by atoms with Gasteiger partial charge in [0.25, 0.3) is 0 Å². The molecule has 0 fully saturated rings. The molecular weight excluding hydrogens is 152 g/mol. The molecule has 0 spiro atoms. The Morgan fingerprint density at radius 3 is 2.60 bits per heavy atom. The van der Waals surface area contributed by atoms with Crippen molar-refractivity contribution < 1.29 is 9.53 Å². The molecule has 0 saturated heterocycles. The van der Waals surface area contributed by atoms with Crippen LogP contribution in [0.3, 0.4) is 0 Å². The van der Waals surface area contributed by atoms with Crippen molar-refractivity contribution in [3.05, 3.63) is 0 Å². The molecule has 0 bridgehead atoms. The number of carbonyl (C=O) groups is 1. The highest BCUT2D eigenvalue weighted by Gasteiger charge is 2.14. The van der Waals surface area contributed by atoms with Gasteiger partial charge in [-0.1, -0.05) is 0 Å². The Balaban J connectivity index is 3.46. The first-order valence-electron chi connectivity index (χ1n) is 2.78. The topological polar surface area (TPSA) is 38.3 Å². The number of hydrogen-bond donors (Lipinski definition) is 1. The van der Waals surface area contributed by atoms with Crippen LogP contribution in [0.5, 0.6) is 0 Å². The quantitative estimate of drug-likeness (QED) is 0.481. The highest BCUT2D eigenvalue weighted by Crippen LogP contribution is 2.11. The molecule has 0 unspecified atom stereocenters. The molecule has 3 nitrogen and oxygen atoms in total. The summed E-state index contributed by atoms with van der Waals surface area (Å²) in [4.78, 5) is 9.81. The number of nitrogens with one attached hydrogen (secondary N) is 1. The van der Waals surface area contributed by atoms with Gasteiger partial charge in [0.05, 0.1) is 4.87 Å². The third-order valence-electron chi connectivity index (χ3n) is 0.664. The van der Waals surface area contributed by atoms with Crippen LogP contribution < -0.4 is 5.23 Å². The minimum atomic E-state index is -0.672. The van der Waals surface area contributed by atoms with Gasteiger partial charge < -0.3 is 9.96 Å². The van der Waals surface area contributed by atoms with Crippen molar-refractivity contribution in [2.75, 3.05) is 6.61 Å². The second kappa shape index (κ2) is 3.71. The molecule has 0 aromatic carbocycles. The number of halogens is 1. The summed E-state index contributed by atoms with van der Waals surface area (Å²) in [6, 6.07) is 0. The van der Waals surface area contributed by atoms with Crippen molar-refractivity contribution in [1.29, 1.82) is 0 Å². The van der Waals surface area contributed by atoms with Gasteiger partial charge in [-0.15, -0.1) is 11.6 Å². The predicted octanol–water partition coefficient (Wildman–Crippen LogP) is 0.813. The molecular formula is C5H9BClNO2. The first-order chi connectivity index (χ1) is 4.45. The minimum Gasteiger partial charge on any atom is -0.449 e. The standard InChI is InChI=1S/C5H9BClNO2/c1-5(2,7)3-10-4(9)8-6/h3H2,1-2H3,(H,8,9). The van der Waals surface area contributed by atoms with Crippen molar-refractivity contribution in [1.82, 2.24) is 5.23 Å². The van der Waals surface area contributed by atoms with E-state index in [1.165, 1.54) is 0 Å². The van der Waals surface area contributed by atoms with Gasteiger partial charge in [-0.3, -0.25) is 0 Å². The fourth-order valence-corrected chi connectivity index (χ4v) is 0.333. The lowest BCUT2D eigenvalue weighted by Crippen LogP contribution is -2.27. The lowest BCUT2D eigenvalue weighted by Gasteiger charge is -2.14. The monoisotopic (exact) mass is 161 g/mol. The molecule has 0 aliphatic heterocycles. The normalized spacial score (nSPS) is 10.7. The zero-order valence-corrected chi connectivity index (χ0v) is 6.73. The van der Waals surface area contributed by atoms with E-state index in [-0.39, 0.29) is 6.61 Å². The largest absolute Gasteiger partial charge is 0.449 e. The number of hydrogen-bond acceptors (Lipinski definition) is 2. The summed E-state index contributed by atoms with van der Waals surface area (Å²) in [6.07, 6.45) is -0.672. The predicted molar refractivity (Wildman–Crippen MR) is 40.2 cm³/mol. The molecule has 0 aliphatic carbocycles. The number of carbonyl (C=O) groups excluding carboxylic acids is 1. The van der Waals surface area contributed by atoms with E-state index >= 15 is 0 Å². The van der Waals surface area contributed by atoms with Crippen molar-refractivity contribution >= 4 is 25.7 Å². The molecule has 2 radical (unpaired) electrons. The lowest BCUT2D eigenvalue weighted by atomic mass is 10.2. The van der Waals surface area contributed by atoms with Crippen LogP contribution in [0.25, 0.3) is 0 Å². The summed E-state index contributed by atoms with van der Waals surface area (Å²) in [5.41, 5.74) is 0. The van der Waals surface area contributed by atoms with Crippen LogP contribution in [0, 0.1) is 0 Å². The van der Waals surface area contributed by atoms with Crippen molar-refractivity contribution in [3.8, 4) is 0 Å². The third-order valence-corrected chi connectivity index (χ3v) is 0.773. The average Bonchev–Trinajstić information content (AvgIpc) is 1.81. The first-order valence-corrected chi connectivity index (χ1v) is 3.16. The molecule has 0 aromatic rings. The van der Waals surface area contributed by atoms with E-state index in [0.717, 1.165) is 0 Å². The molecule has 1 amide bonds. The lowest BCUT2D eigenvalue weighted by molar-refractivity contribution is 0.143. The van der Waals surface area contributed by atoms with Crippen molar-refractivity contribution in [2.24, 2.45) is 0 Å². The summed E-state index contributed by atoms with van der Waals surface area (Å²) >= 11 is 5.69.